The lowest BCUT2D eigenvalue weighted by Gasteiger charge is -2.14. The standard InChI is InChI=1S/C20H21NO2/c1-4-22-20(17-11-7-15(3)8-12-17)18-13-19(23-21-18)16-9-5-14(2)6-10-16/h5-13,20H,4H2,1-3H3. The second kappa shape index (κ2) is 6.80. The average molecular weight is 307 g/mol. The van der Waals surface area contributed by atoms with Crippen LogP contribution in [0, 0.1) is 13.8 Å². The summed E-state index contributed by atoms with van der Waals surface area (Å²) in [5.74, 6) is 0.761. The number of rotatable bonds is 5. The predicted octanol–water partition coefficient (Wildman–Crippen LogP) is 5.08. The van der Waals surface area contributed by atoms with Crippen LogP contribution in [0.15, 0.2) is 59.1 Å². The van der Waals surface area contributed by atoms with Gasteiger partial charge in [0.15, 0.2) is 5.76 Å². The molecule has 0 aliphatic carbocycles. The van der Waals surface area contributed by atoms with E-state index in [1.54, 1.807) is 0 Å². The van der Waals surface area contributed by atoms with E-state index in [9.17, 15) is 0 Å². The van der Waals surface area contributed by atoms with Crippen LogP contribution in [0.1, 0.15) is 35.4 Å². The van der Waals surface area contributed by atoms with Crippen LogP contribution in [0.2, 0.25) is 0 Å². The van der Waals surface area contributed by atoms with Crippen molar-refractivity contribution >= 4 is 0 Å². The molecule has 118 valence electrons. The average Bonchev–Trinajstić information content (AvgIpc) is 3.04. The van der Waals surface area contributed by atoms with Crippen molar-refractivity contribution in [1.29, 1.82) is 0 Å². The van der Waals surface area contributed by atoms with Gasteiger partial charge in [0.25, 0.3) is 0 Å². The first-order valence-corrected chi connectivity index (χ1v) is 7.89. The molecule has 0 aliphatic heterocycles. The second-order valence-electron chi connectivity index (χ2n) is 5.73. The molecule has 2 aromatic carbocycles. The minimum Gasteiger partial charge on any atom is -0.367 e. The fourth-order valence-corrected chi connectivity index (χ4v) is 2.53. The number of hydrogen-bond donors (Lipinski definition) is 0. The normalized spacial score (nSPS) is 12.3. The molecule has 0 N–H and O–H groups in total. The third kappa shape index (κ3) is 3.51. The highest BCUT2D eigenvalue weighted by molar-refractivity contribution is 5.58. The summed E-state index contributed by atoms with van der Waals surface area (Å²) in [5, 5.41) is 4.23. The summed E-state index contributed by atoms with van der Waals surface area (Å²) < 4.78 is 11.4. The monoisotopic (exact) mass is 307 g/mol. The molecule has 1 unspecified atom stereocenters. The summed E-state index contributed by atoms with van der Waals surface area (Å²) in [6.45, 7) is 6.75. The summed E-state index contributed by atoms with van der Waals surface area (Å²) >= 11 is 0. The Bertz CT molecular complexity index is 757. The minimum absolute atomic E-state index is 0.205. The highest BCUT2D eigenvalue weighted by atomic mass is 16.5. The van der Waals surface area contributed by atoms with Gasteiger partial charge in [-0.25, -0.2) is 0 Å². The second-order valence-corrected chi connectivity index (χ2v) is 5.73. The van der Waals surface area contributed by atoms with Gasteiger partial charge in [-0.05, 0) is 26.3 Å². The fraction of sp³-hybridized carbons (Fsp3) is 0.250. The van der Waals surface area contributed by atoms with Crippen molar-refractivity contribution in [3.05, 3.63) is 77.0 Å². The topological polar surface area (TPSA) is 35.3 Å². The number of benzene rings is 2. The van der Waals surface area contributed by atoms with Crippen LogP contribution < -0.4 is 0 Å². The summed E-state index contributed by atoms with van der Waals surface area (Å²) in [6, 6.07) is 18.5. The summed E-state index contributed by atoms with van der Waals surface area (Å²) in [6.07, 6.45) is -0.205. The molecule has 0 fully saturated rings. The molecule has 1 heterocycles. The summed E-state index contributed by atoms with van der Waals surface area (Å²) in [4.78, 5) is 0. The highest BCUT2D eigenvalue weighted by Crippen LogP contribution is 2.29. The maximum absolute atomic E-state index is 5.90. The van der Waals surface area contributed by atoms with E-state index >= 15 is 0 Å². The first-order chi connectivity index (χ1) is 11.2. The first kappa shape index (κ1) is 15.5. The van der Waals surface area contributed by atoms with E-state index < -0.39 is 0 Å². The highest BCUT2D eigenvalue weighted by Gasteiger charge is 2.19. The molecule has 0 bridgehead atoms. The van der Waals surface area contributed by atoms with Gasteiger partial charge in [0.2, 0.25) is 0 Å². The van der Waals surface area contributed by atoms with Crippen LogP contribution in [-0.2, 0) is 4.74 Å². The molecule has 1 atom stereocenters. The third-order valence-corrected chi connectivity index (χ3v) is 3.85. The van der Waals surface area contributed by atoms with Gasteiger partial charge in [-0.15, -0.1) is 0 Å². The number of hydrogen-bond acceptors (Lipinski definition) is 3. The van der Waals surface area contributed by atoms with Crippen LogP contribution >= 0.6 is 0 Å². The van der Waals surface area contributed by atoms with Crippen molar-refractivity contribution in [3.8, 4) is 11.3 Å². The predicted molar refractivity (Wildman–Crippen MR) is 91.3 cm³/mol. The third-order valence-electron chi connectivity index (χ3n) is 3.85. The van der Waals surface area contributed by atoms with E-state index in [0.717, 1.165) is 22.6 Å². The molecule has 0 saturated heterocycles. The van der Waals surface area contributed by atoms with Crippen LogP contribution in [0.25, 0.3) is 11.3 Å². The Morgan fingerprint density at radius 1 is 0.957 bits per heavy atom. The van der Waals surface area contributed by atoms with Crippen molar-refractivity contribution < 1.29 is 9.26 Å². The van der Waals surface area contributed by atoms with Crippen LogP contribution in [0.4, 0.5) is 0 Å². The summed E-state index contributed by atoms with van der Waals surface area (Å²) in [7, 11) is 0. The van der Waals surface area contributed by atoms with Crippen molar-refractivity contribution in [3.63, 3.8) is 0 Å². The van der Waals surface area contributed by atoms with Gasteiger partial charge in [-0.3, -0.25) is 0 Å². The maximum atomic E-state index is 5.90. The van der Waals surface area contributed by atoms with E-state index in [2.05, 4.69) is 55.4 Å². The lowest BCUT2D eigenvalue weighted by molar-refractivity contribution is 0.0859. The molecular weight excluding hydrogens is 286 g/mol. The van der Waals surface area contributed by atoms with Crippen LogP contribution in [0.3, 0.4) is 0 Å². The van der Waals surface area contributed by atoms with E-state index in [1.807, 2.05) is 25.1 Å². The van der Waals surface area contributed by atoms with Crippen molar-refractivity contribution in [2.75, 3.05) is 6.61 Å². The van der Waals surface area contributed by atoms with Gasteiger partial charge in [0, 0.05) is 18.2 Å². The van der Waals surface area contributed by atoms with Crippen molar-refractivity contribution in [2.45, 2.75) is 26.9 Å². The largest absolute Gasteiger partial charge is 0.367 e. The molecule has 23 heavy (non-hydrogen) atoms. The Morgan fingerprint density at radius 3 is 2.17 bits per heavy atom. The molecule has 0 amide bonds. The van der Waals surface area contributed by atoms with Gasteiger partial charge < -0.3 is 9.26 Å². The van der Waals surface area contributed by atoms with E-state index in [-0.39, 0.29) is 6.10 Å². The number of ether oxygens (including phenoxy) is 1. The molecular formula is C20H21NO2. The number of nitrogens with zero attached hydrogens (tertiary/aromatic N) is 1. The van der Waals surface area contributed by atoms with Crippen LogP contribution in [0.5, 0.6) is 0 Å². The number of aryl methyl sites for hydroxylation is 2. The van der Waals surface area contributed by atoms with Gasteiger partial charge in [-0.2, -0.15) is 0 Å². The Labute approximate surface area is 136 Å². The zero-order chi connectivity index (χ0) is 16.2. The minimum atomic E-state index is -0.205. The molecule has 0 aliphatic rings. The number of aromatic nitrogens is 1. The first-order valence-electron chi connectivity index (χ1n) is 7.89. The zero-order valence-electron chi connectivity index (χ0n) is 13.7. The molecule has 3 rings (SSSR count). The van der Waals surface area contributed by atoms with E-state index in [4.69, 9.17) is 9.26 Å². The SMILES string of the molecule is CCOC(c1ccc(C)cc1)c1cc(-c2ccc(C)cc2)on1. The lowest BCUT2D eigenvalue weighted by Crippen LogP contribution is -2.06. The van der Waals surface area contributed by atoms with Gasteiger partial charge in [0.05, 0.1) is 0 Å². The Kier molecular flexibility index (Phi) is 4.58. The smallest absolute Gasteiger partial charge is 0.167 e. The molecule has 3 aromatic rings. The van der Waals surface area contributed by atoms with Gasteiger partial charge in [0.1, 0.15) is 11.8 Å². The van der Waals surface area contributed by atoms with Gasteiger partial charge >= 0.3 is 0 Å². The van der Waals surface area contributed by atoms with E-state index in [0.29, 0.717) is 6.61 Å². The van der Waals surface area contributed by atoms with Crippen molar-refractivity contribution in [2.24, 2.45) is 0 Å². The van der Waals surface area contributed by atoms with Crippen molar-refractivity contribution in [1.82, 2.24) is 5.16 Å². The molecule has 0 spiro atoms. The summed E-state index contributed by atoms with van der Waals surface area (Å²) in [5.41, 5.74) is 5.35. The quantitative estimate of drug-likeness (QED) is 0.659. The Hall–Kier alpha value is -2.39. The maximum Gasteiger partial charge on any atom is 0.167 e. The molecule has 0 saturated carbocycles. The molecule has 3 heteroatoms. The lowest BCUT2D eigenvalue weighted by atomic mass is 10.0. The Balaban J connectivity index is 1.91. The van der Waals surface area contributed by atoms with E-state index in [1.165, 1.54) is 11.1 Å². The van der Waals surface area contributed by atoms with Crippen LogP contribution in [-0.4, -0.2) is 11.8 Å². The zero-order valence-corrected chi connectivity index (χ0v) is 13.7. The molecule has 3 nitrogen and oxygen atoms in total. The molecule has 0 radical (unpaired) electrons. The molecule has 1 aromatic heterocycles. The fourth-order valence-electron chi connectivity index (χ4n) is 2.53. The van der Waals surface area contributed by atoms with Gasteiger partial charge in [-0.1, -0.05) is 64.8 Å². The Morgan fingerprint density at radius 2 is 1.57 bits per heavy atom.